The van der Waals surface area contributed by atoms with E-state index in [0.29, 0.717) is 0 Å². The van der Waals surface area contributed by atoms with Crippen LogP contribution in [0.4, 0.5) is 10.3 Å². The monoisotopic (exact) mass is 357 g/mol. The van der Waals surface area contributed by atoms with Gasteiger partial charge >= 0.3 is 0 Å². The summed E-state index contributed by atoms with van der Waals surface area (Å²) in [7, 11) is 0. The summed E-state index contributed by atoms with van der Waals surface area (Å²) in [4.78, 5) is 4.82. The fourth-order valence-corrected chi connectivity index (χ4v) is 3.99. The maximum Gasteiger partial charge on any atom is 0.204 e. The number of nitrogens with zero attached hydrogens (tertiary/aromatic N) is 2. The van der Waals surface area contributed by atoms with E-state index in [1.165, 1.54) is 23.3 Å². The van der Waals surface area contributed by atoms with Crippen LogP contribution in [0.1, 0.15) is 35.2 Å². The number of para-hydroxylation sites is 2. The van der Waals surface area contributed by atoms with Crippen LogP contribution in [-0.4, -0.2) is 9.55 Å². The molecule has 4 heteroatoms. The van der Waals surface area contributed by atoms with Crippen molar-refractivity contribution in [1.82, 2.24) is 9.55 Å². The zero-order valence-corrected chi connectivity index (χ0v) is 15.1. The molecule has 1 aliphatic heterocycles. The van der Waals surface area contributed by atoms with E-state index in [0.717, 1.165) is 29.0 Å². The molecule has 0 spiro atoms. The van der Waals surface area contributed by atoms with Crippen molar-refractivity contribution in [3.05, 3.63) is 95.3 Å². The molecule has 134 valence electrons. The lowest BCUT2D eigenvalue weighted by atomic mass is 9.92. The van der Waals surface area contributed by atoms with E-state index < -0.39 is 0 Å². The predicted molar refractivity (Wildman–Crippen MR) is 106 cm³/mol. The molecular formula is C23H20FN3. The van der Waals surface area contributed by atoms with Gasteiger partial charge in [0.2, 0.25) is 5.95 Å². The van der Waals surface area contributed by atoms with Crippen molar-refractivity contribution in [2.24, 2.45) is 0 Å². The number of benzene rings is 3. The fraction of sp³-hybridized carbons (Fsp3) is 0.174. The first kappa shape index (κ1) is 16.1. The third-order valence-electron chi connectivity index (χ3n) is 5.40. The van der Waals surface area contributed by atoms with Crippen LogP contribution in [0.25, 0.3) is 11.0 Å². The maximum atomic E-state index is 13.4. The van der Waals surface area contributed by atoms with E-state index in [-0.39, 0.29) is 17.9 Å². The third-order valence-corrected chi connectivity index (χ3v) is 5.40. The van der Waals surface area contributed by atoms with E-state index in [2.05, 4.69) is 53.2 Å². The Kier molecular flexibility index (Phi) is 3.71. The van der Waals surface area contributed by atoms with E-state index in [1.807, 2.05) is 24.3 Å². The topological polar surface area (TPSA) is 29.9 Å². The number of hydrogen-bond acceptors (Lipinski definition) is 2. The van der Waals surface area contributed by atoms with E-state index >= 15 is 0 Å². The standard InChI is InChI=1S/C23H20FN3/c1-15-6-8-17(9-7-15)22-14-20(16-10-12-18(24)13-11-16)26-23-25-19-4-2-3-5-21(19)27(22)23/h2-13,20,22H,14H2,1H3,(H,25,26)/t20-,22-/m1/s1. The van der Waals surface area contributed by atoms with Gasteiger partial charge < -0.3 is 9.88 Å². The second-order valence-corrected chi connectivity index (χ2v) is 7.20. The first-order chi connectivity index (χ1) is 13.2. The van der Waals surface area contributed by atoms with E-state index in [1.54, 1.807) is 0 Å². The van der Waals surface area contributed by atoms with Gasteiger partial charge in [0.15, 0.2) is 0 Å². The molecule has 27 heavy (non-hydrogen) atoms. The minimum absolute atomic E-state index is 0.0845. The summed E-state index contributed by atoms with van der Waals surface area (Å²) in [6.45, 7) is 2.10. The summed E-state index contributed by atoms with van der Waals surface area (Å²) in [5, 5.41) is 3.56. The Balaban J connectivity index is 1.65. The SMILES string of the molecule is Cc1ccc([C@H]2C[C@H](c3ccc(F)cc3)Nc3nc4ccccc4n32)cc1. The average Bonchev–Trinajstić information content (AvgIpc) is 3.07. The number of fused-ring (bicyclic) bond motifs is 3. The van der Waals surface area contributed by atoms with Crippen molar-refractivity contribution >= 4 is 17.0 Å². The maximum absolute atomic E-state index is 13.4. The van der Waals surface area contributed by atoms with E-state index in [9.17, 15) is 4.39 Å². The minimum atomic E-state index is -0.211. The highest BCUT2D eigenvalue weighted by Crippen LogP contribution is 2.41. The Morgan fingerprint density at radius 2 is 1.63 bits per heavy atom. The highest BCUT2D eigenvalue weighted by atomic mass is 19.1. The van der Waals surface area contributed by atoms with Gasteiger partial charge in [-0.2, -0.15) is 0 Å². The second-order valence-electron chi connectivity index (χ2n) is 7.20. The molecule has 0 aliphatic carbocycles. The number of aryl methyl sites for hydroxylation is 1. The first-order valence-electron chi connectivity index (χ1n) is 9.24. The Labute approximate surface area is 157 Å². The average molecular weight is 357 g/mol. The van der Waals surface area contributed by atoms with Crippen molar-refractivity contribution in [2.45, 2.75) is 25.4 Å². The predicted octanol–water partition coefficient (Wildman–Crippen LogP) is 5.63. The van der Waals surface area contributed by atoms with Crippen LogP contribution in [-0.2, 0) is 0 Å². The largest absolute Gasteiger partial charge is 0.349 e. The molecule has 0 saturated heterocycles. The second kappa shape index (κ2) is 6.23. The number of anilines is 1. The van der Waals surface area contributed by atoms with Gasteiger partial charge in [-0.25, -0.2) is 9.37 Å². The molecule has 1 aliphatic rings. The van der Waals surface area contributed by atoms with Crippen molar-refractivity contribution in [3.8, 4) is 0 Å². The molecule has 2 heterocycles. The molecule has 1 aromatic heterocycles. The summed E-state index contributed by atoms with van der Waals surface area (Å²) in [5.74, 6) is 0.652. The molecule has 3 aromatic carbocycles. The fourth-order valence-electron chi connectivity index (χ4n) is 3.99. The van der Waals surface area contributed by atoms with Gasteiger partial charge in [-0.1, -0.05) is 54.1 Å². The third kappa shape index (κ3) is 2.78. The smallest absolute Gasteiger partial charge is 0.204 e. The Morgan fingerprint density at radius 3 is 2.41 bits per heavy atom. The summed E-state index contributed by atoms with van der Waals surface area (Å²) in [5.41, 5.74) is 5.70. The van der Waals surface area contributed by atoms with Gasteiger partial charge in [0.1, 0.15) is 5.82 Å². The molecule has 0 saturated carbocycles. The van der Waals surface area contributed by atoms with Gasteiger partial charge in [0.25, 0.3) is 0 Å². The molecule has 4 aromatic rings. The number of aromatic nitrogens is 2. The molecule has 0 amide bonds. The number of imidazole rings is 1. The summed E-state index contributed by atoms with van der Waals surface area (Å²) in [6.07, 6.45) is 0.877. The number of nitrogens with one attached hydrogen (secondary N) is 1. The van der Waals surface area contributed by atoms with E-state index in [4.69, 9.17) is 4.98 Å². The molecule has 3 nitrogen and oxygen atoms in total. The summed E-state index contributed by atoms with van der Waals surface area (Å²) >= 11 is 0. The quantitative estimate of drug-likeness (QED) is 0.504. The van der Waals surface area contributed by atoms with Gasteiger partial charge in [-0.3, -0.25) is 0 Å². The Bertz CT molecular complexity index is 1100. The zero-order valence-electron chi connectivity index (χ0n) is 15.1. The lowest BCUT2D eigenvalue weighted by Gasteiger charge is -2.33. The van der Waals surface area contributed by atoms with Gasteiger partial charge in [0.05, 0.1) is 23.1 Å². The normalized spacial score (nSPS) is 18.9. The molecule has 0 bridgehead atoms. The van der Waals surface area contributed by atoms with Gasteiger partial charge in [-0.05, 0) is 48.7 Å². The first-order valence-corrected chi connectivity index (χ1v) is 9.24. The van der Waals surface area contributed by atoms with Crippen LogP contribution in [0.5, 0.6) is 0 Å². The number of hydrogen-bond donors (Lipinski definition) is 1. The molecule has 5 rings (SSSR count). The van der Waals surface area contributed by atoms with Crippen LogP contribution in [0.15, 0.2) is 72.8 Å². The Morgan fingerprint density at radius 1 is 0.926 bits per heavy atom. The molecule has 0 unspecified atom stereocenters. The highest BCUT2D eigenvalue weighted by Gasteiger charge is 2.30. The van der Waals surface area contributed by atoms with Crippen molar-refractivity contribution < 1.29 is 4.39 Å². The minimum Gasteiger partial charge on any atom is -0.349 e. The van der Waals surface area contributed by atoms with Gasteiger partial charge in [-0.15, -0.1) is 0 Å². The van der Waals surface area contributed by atoms with Crippen LogP contribution in [0.3, 0.4) is 0 Å². The van der Waals surface area contributed by atoms with Crippen LogP contribution in [0, 0.1) is 12.7 Å². The molecular weight excluding hydrogens is 337 g/mol. The molecule has 2 atom stereocenters. The molecule has 0 radical (unpaired) electrons. The summed E-state index contributed by atoms with van der Waals surface area (Å²) < 4.78 is 15.7. The van der Waals surface area contributed by atoms with Crippen molar-refractivity contribution in [2.75, 3.05) is 5.32 Å². The van der Waals surface area contributed by atoms with Crippen LogP contribution < -0.4 is 5.32 Å². The highest BCUT2D eigenvalue weighted by molar-refractivity contribution is 5.79. The van der Waals surface area contributed by atoms with Crippen molar-refractivity contribution in [1.29, 1.82) is 0 Å². The lowest BCUT2D eigenvalue weighted by Crippen LogP contribution is -2.27. The van der Waals surface area contributed by atoms with Crippen LogP contribution in [0.2, 0.25) is 0 Å². The summed E-state index contributed by atoms with van der Waals surface area (Å²) in [6, 6.07) is 24.0. The molecule has 0 fully saturated rings. The number of rotatable bonds is 2. The van der Waals surface area contributed by atoms with Gasteiger partial charge in [0, 0.05) is 0 Å². The van der Waals surface area contributed by atoms with Crippen molar-refractivity contribution in [3.63, 3.8) is 0 Å². The zero-order chi connectivity index (χ0) is 18.4. The Hall–Kier alpha value is -3.14. The molecule has 1 N–H and O–H groups in total. The lowest BCUT2D eigenvalue weighted by molar-refractivity contribution is 0.477. The van der Waals surface area contributed by atoms with Crippen LogP contribution >= 0.6 is 0 Å². The number of halogens is 1.